The van der Waals surface area contributed by atoms with Crippen molar-refractivity contribution in [1.82, 2.24) is 14.1 Å². The Labute approximate surface area is 155 Å². The molecule has 0 spiro atoms. The molecule has 27 heavy (non-hydrogen) atoms. The summed E-state index contributed by atoms with van der Waals surface area (Å²) in [4.78, 5) is 12.3. The summed E-state index contributed by atoms with van der Waals surface area (Å²) in [6.07, 6.45) is 0. The first kappa shape index (κ1) is 20.8. The first-order chi connectivity index (χ1) is 12.5. The number of alkyl halides is 2. The molecule has 8 nitrogen and oxygen atoms in total. The topological polar surface area (TPSA) is 93.5 Å². The Hall–Kier alpha value is -2.53. The van der Waals surface area contributed by atoms with Crippen LogP contribution in [0.4, 0.5) is 14.5 Å². The third-order valence-corrected chi connectivity index (χ3v) is 5.79. The molecule has 0 saturated heterocycles. The lowest BCUT2D eigenvalue weighted by Crippen LogP contribution is -2.24. The SMILES string of the molecule is Cc1nn(CC(=O)Nc2ccccc2OC(F)F)c(C)c1S(=O)(=O)N(C)C. The molecule has 0 aliphatic carbocycles. The van der Waals surface area contributed by atoms with Crippen LogP contribution in [0.25, 0.3) is 0 Å². The molecule has 1 amide bonds. The zero-order valence-corrected chi connectivity index (χ0v) is 16.0. The summed E-state index contributed by atoms with van der Waals surface area (Å²) in [6.45, 7) is -0.252. The van der Waals surface area contributed by atoms with Gasteiger partial charge < -0.3 is 10.1 Å². The van der Waals surface area contributed by atoms with E-state index in [4.69, 9.17) is 0 Å². The van der Waals surface area contributed by atoms with E-state index in [1.54, 1.807) is 6.07 Å². The van der Waals surface area contributed by atoms with Crippen molar-refractivity contribution in [3.63, 3.8) is 0 Å². The molecule has 0 bridgehead atoms. The molecule has 0 radical (unpaired) electrons. The number of nitrogens with zero attached hydrogens (tertiary/aromatic N) is 3. The number of sulfonamides is 1. The smallest absolute Gasteiger partial charge is 0.387 e. The lowest BCUT2D eigenvalue weighted by atomic mass is 10.3. The Kier molecular flexibility index (Phi) is 6.16. The van der Waals surface area contributed by atoms with Gasteiger partial charge in [0.25, 0.3) is 0 Å². The van der Waals surface area contributed by atoms with Crippen molar-refractivity contribution in [3.05, 3.63) is 35.7 Å². The third kappa shape index (κ3) is 4.61. The fourth-order valence-electron chi connectivity index (χ4n) is 2.48. The number of amides is 1. The molecule has 2 aromatic rings. The van der Waals surface area contributed by atoms with Crippen molar-refractivity contribution in [1.29, 1.82) is 0 Å². The zero-order chi connectivity index (χ0) is 20.4. The molecule has 148 valence electrons. The maximum absolute atomic E-state index is 12.5. The highest BCUT2D eigenvalue weighted by Crippen LogP contribution is 2.26. The van der Waals surface area contributed by atoms with Crippen molar-refractivity contribution in [2.24, 2.45) is 0 Å². The van der Waals surface area contributed by atoms with E-state index in [1.165, 1.54) is 50.8 Å². The molecule has 11 heteroatoms. The molecule has 1 heterocycles. The fourth-order valence-corrected chi connectivity index (χ4v) is 3.74. The number of aryl methyl sites for hydroxylation is 1. The minimum atomic E-state index is -3.72. The van der Waals surface area contributed by atoms with Crippen LogP contribution in [0.15, 0.2) is 29.2 Å². The quantitative estimate of drug-likeness (QED) is 0.765. The van der Waals surface area contributed by atoms with E-state index in [0.29, 0.717) is 5.69 Å². The Bertz CT molecular complexity index is 942. The first-order valence-corrected chi connectivity index (χ1v) is 9.28. The van der Waals surface area contributed by atoms with Gasteiger partial charge in [-0.05, 0) is 26.0 Å². The summed E-state index contributed by atoms with van der Waals surface area (Å²) >= 11 is 0. The number of hydrogen-bond donors (Lipinski definition) is 1. The highest BCUT2D eigenvalue weighted by atomic mass is 32.2. The molecule has 1 aromatic heterocycles. The van der Waals surface area contributed by atoms with Gasteiger partial charge in [-0.3, -0.25) is 9.48 Å². The predicted octanol–water partition coefficient (Wildman–Crippen LogP) is 1.99. The number of carbonyl (C=O) groups is 1. The monoisotopic (exact) mass is 402 g/mol. The number of aromatic nitrogens is 2. The van der Waals surface area contributed by atoms with Crippen LogP contribution in [0.1, 0.15) is 11.4 Å². The van der Waals surface area contributed by atoms with Gasteiger partial charge in [0, 0.05) is 14.1 Å². The second-order valence-corrected chi connectivity index (χ2v) is 7.96. The number of hydrogen-bond acceptors (Lipinski definition) is 5. The van der Waals surface area contributed by atoms with Gasteiger partial charge in [-0.25, -0.2) is 12.7 Å². The van der Waals surface area contributed by atoms with Crippen molar-refractivity contribution in [2.75, 3.05) is 19.4 Å². The average molecular weight is 402 g/mol. The summed E-state index contributed by atoms with van der Waals surface area (Å²) in [5.74, 6) is -0.746. The number of halogens is 2. The van der Waals surface area contributed by atoms with Crippen molar-refractivity contribution < 1.29 is 26.7 Å². The zero-order valence-electron chi connectivity index (χ0n) is 15.2. The number of carbonyl (C=O) groups excluding carboxylic acids is 1. The number of nitrogens with one attached hydrogen (secondary N) is 1. The standard InChI is InChI=1S/C16H20F2N4O4S/c1-10-15(27(24,25)21(3)4)11(2)22(20-10)9-14(23)19-12-7-5-6-8-13(12)26-16(17)18/h5-8,16H,9H2,1-4H3,(H,19,23). The van der Waals surface area contributed by atoms with E-state index >= 15 is 0 Å². The minimum absolute atomic E-state index is 0.0294. The van der Waals surface area contributed by atoms with Crippen molar-refractivity contribution >= 4 is 21.6 Å². The Morgan fingerprint density at radius 3 is 2.52 bits per heavy atom. The molecule has 0 aliphatic heterocycles. The second kappa shape index (κ2) is 8.01. The van der Waals surface area contributed by atoms with Gasteiger partial charge in [-0.1, -0.05) is 12.1 Å². The molecule has 0 unspecified atom stereocenters. The number of para-hydroxylation sites is 2. The van der Waals surface area contributed by atoms with Crippen LogP contribution in [0, 0.1) is 13.8 Å². The van der Waals surface area contributed by atoms with Gasteiger partial charge in [-0.2, -0.15) is 13.9 Å². The van der Waals surface area contributed by atoms with E-state index in [0.717, 1.165) is 4.31 Å². The largest absolute Gasteiger partial charge is 0.433 e. The lowest BCUT2D eigenvalue weighted by Gasteiger charge is -2.13. The van der Waals surface area contributed by atoms with Gasteiger partial charge in [0.15, 0.2) is 0 Å². The van der Waals surface area contributed by atoms with Gasteiger partial charge in [0.1, 0.15) is 17.2 Å². The highest BCUT2D eigenvalue weighted by molar-refractivity contribution is 7.89. The first-order valence-electron chi connectivity index (χ1n) is 7.84. The Balaban J connectivity index is 2.23. The van der Waals surface area contributed by atoms with E-state index < -0.39 is 22.5 Å². The molecule has 0 saturated carbocycles. The van der Waals surface area contributed by atoms with Crippen LogP contribution in [0.2, 0.25) is 0 Å². The average Bonchev–Trinajstić information content (AvgIpc) is 2.82. The van der Waals surface area contributed by atoms with Crippen LogP contribution >= 0.6 is 0 Å². The summed E-state index contributed by atoms with van der Waals surface area (Å²) in [5, 5.41) is 6.57. The maximum atomic E-state index is 12.5. The van der Waals surface area contributed by atoms with Crippen molar-refractivity contribution in [3.8, 4) is 5.75 Å². The Morgan fingerprint density at radius 2 is 1.93 bits per heavy atom. The molecular weight excluding hydrogens is 382 g/mol. The minimum Gasteiger partial charge on any atom is -0.433 e. The number of rotatable bonds is 7. The van der Waals surface area contributed by atoms with Gasteiger partial charge in [0.2, 0.25) is 15.9 Å². The summed E-state index contributed by atoms with van der Waals surface area (Å²) < 4.78 is 56.4. The highest BCUT2D eigenvalue weighted by Gasteiger charge is 2.27. The van der Waals surface area contributed by atoms with Crippen LogP contribution in [-0.2, 0) is 21.4 Å². The number of benzene rings is 1. The summed E-state index contributed by atoms with van der Waals surface area (Å²) in [5.41, 5.74) is 0.634. The van der Waals surface area contributed by atoms with Gasteiger partial charge in [0.05, 0.1) is 17.1 Å². The summed E-state index contributed by atoms with van der Waals surface area (Å²) in [7, 11) is -0.915. The van der Waals surface area contributed by atoms with Crippen LogP contribution in [0.3, 0.4) is 0 Å². The van der Waals surface area contributed by atoms with Crippen molar-refractivity contribution in [2.45, 2.75) is 31.9 Å². The number of anilines is 1. The summed E-state index contributed by atoms with van der Waals surface area (Å²) in [6, 6.07) is 5.76. The van der Waals surface area contributed by atoms with Crippen LogP contribution in [-0.4, -0.2) is 49.1 Å². The van der Waals surface area contributed by atoms with Crippen LogP contribution < -0.4 is 10.1 Å². The molecule has 1 N–H and O–H groups in total. The number of ether oxygens (including phenoxy) is 1. The van der Waals surface area contributed by atoms with Gasteiger partial charge in [-0.15, -0.1) is 0 Å². The van der Waals surface area contributed by atoms with E-state index in [9.17, 15) is 22.0 Å². The Morgan fingerprint density at radius 1 is 1.30 bits per heavy atom. The van der Waals surface area contributed by atoms with Gasteiger partial charge >= 0.3 is 6.61 Å². The normalized spacial score (nSPS) is 11.9. The molecule has 0 fully saturated rings. The molecule has 1 aromatic carbocycles. The molecule has 2 rings (SSSR count). The molecule has 0 atom stereocenters. The van der Waals surface area contributed by atoms with E-state index in [2.05, 4.69) is 15.2 Å². The lowest BCUT2D eigenvalue weighted by molar-refractivity contribution is -0.117. The third-order valence-electron chi connectivity index (χ3n) is 3.72. The van der Waals surface area contributed by atoms with E-state index in [-0.39, 0.29) is 28.6 Å². The molecular formula is C16H20F2N4O4S. The predicted molar refractivity (Wildman–Crippen MR) is 94.3 cm³/mol. The second-order valence-electron chi connectivity index (χ2n) is 5.87. The molecule has 0 aliphatic rings. The van der Waals surface area contributed by atoms with E-state index in [1.807, 2.05) is 0 Å². The van der Waals surface area contributed by atoms with Crippen LogP contribution in [0.5, 0.6) is 5.75 Å². The fraction of sp³-hybridized carbons (Fsp3) is 0.375. The maximum Gasteiger partial charge on any atom is 0.387 e.